The van der Waals surface area contributed by atoms with Crippen LogP contribution in [0, 0.1) is 6.92 Å². The van der Waals surface area contributed by atoms with Gasteiger partial charge in [-0.1, -0.05) is 55.5 Å². The minimum atomic E-state index is -0.246. The van der Waals surface area contributed by atoms with Crippen LogP contribution in [0.25, 0.3) is 39.0 Å². The first-order valence-electron chi connectivity index (χ1n) is 14.0. The normalized spacial score (nSPS) is 13.5. The second-order valence-corrected chi connectivity index (χ2v) is 10.5. The maximum Gasteiger partial charge on any atom is 0.334 e. The molecule has 5 aromatic rings. The summed E-state index contributed by atoms with van der Waals surface area (Å²) in [6, 6.07) is 21.2. The molecule has 0 saturated heterocycles. The van der Waals surface area contributed by atoms with Crippen LogP contribution in [-0.2, 0) is 29.5 Å². The fourth-order valence-electron chi connectivity index (χ4n) is 5.81. The zero-order chi connectivity index (χ0) is 27.8. The highest BCUT2D eigenvalue weighted by atomic mass is 16.5. The highest BCUT2D eigenvalue weighted by molar-refractivity contribution is 6.00. The molecule has 0 saturated carbocycles. The third-order valence-corrected chi connectivity index (χ3v) is 7.85. The van der Waals surface area contributed by atoms with Gasteiger partial charge in [-0.25, -0.2) is 14.8 Å². The summed E-state index contributed by atoms with van der Waals surface area (Å²) in [7, 11) is 3.52. The van der Waals surface area contributed by atoms with Crippen molar-refractivity contribution in [2.75, 3.05) is 7.11 Å². The van der Waals surface area contributed by atoms with Gasteiger partial charge in [-0.05, 0) is 72.7 Å². The van der Waals surface area contributed by atoms with Crippen LogP contribution in [0.15, 0.2) is 78.4 Å². The highest BCUT2D eigenvalue weighted by Gasteiger charge is 2.19. The molecule has 0 unspecified atom stereocenters. The molecular weight excluding hydrogens is 496 g/mol. The summed E-state index contributed by atoms with van der Waals surface area (Å²) in [4.78, 5) is 22.4. The van der Waals surface area contributed by atoms with Crippen LogP contribution in [0.4, 0.5) is 0 Å². The summed E-state index contributed by atoms with van der Waals surface area (Å²) >= 11 is 0. The molecule has 6 heteroatoms. The Bertz CT molecular complexity index is 1800. The van der Waals surface area contributed by atoms with E-state index in [2.05, 4.69) is 90.7 Å². The van der Waals surface area contributed by atoms with Crippen molar-refractivity contribution < 1.29 is 9.53 Å². The average molecular weight is 531 g/mol. The molecule has 0 fully saturated rings. The predicted molar refractivity (Wildman–Crippen MR) is 161 cm³/mol. The van der Waals surface area contributed by atoms with Crippen LogP contribution in [0.5, 0.6) is 0 Å². The van der Waals surface area contributed by atoms with Crippen molar-refractivity contribution in [3.05, 3.63) is 101 Å². The Morgan fingerprint density at radius 3 is 2.55 bits per heavy atom. The summed E-state index contributed by atoms with van der Waals surface area (Å²) in [5.41, 5.74) is 10.4. The molecule has 1 aliphatic carbocycles. The van der Waals surface area contributed by atoms with Gasteiger partial charge in [0, 0.05) is 31.1 Å². The molecule has 0 atom stereocenters. The number of fused-ring (bicyclic) bond motifs is 2. The van der Waals surface area contributed by atoms with Gasteiger partial charge in [0.05, 0.1) is 29.2 Å². The van der Waals surface area contributed by atoms with Crippen LogP contribution in [0.2, 0.25) is 0 Å². The number of aromatic nitrogens is 4. The van der Waals surface area contributed by atoms with Crippen LogP contribution in [-0.4, -0.2) is 32.2 Å². The van der Waals surface area contributed by atoms with Gasteiger partial charge in [0.15, 0.2) is 0 Å². The first-order chi connectivity index (χ1) is 19.5. The topological polar surface area (TPSA) is 61.9 Å². The quantitative estimate of drug-likeness (QED) is 0.209. The summed E-state index contributed by atoms with van der Waals surface area (Å²) in [5, 5.41) is 0. The van der Waals surface area contributed by atoms with Crippen LogP contribution in [0.3, 0.4) is 0 Å². The number of hydrogen-bond donors (Lipinski definition) is 0. The summed E-state index contributed by atoms with van der Waals surface area (Å²) in [5.74, 6) is 1.80. The number of rotatable bonds is 7. The van der Waals surface area contributed by atoms with E-state index in [0.29, 0.717) is 6.42 Å². The van der Waals surface area contributed by atoms with E-state index >= 15 is 0 Å². The van der Waals surface area contributed by atoms with Crippen molar-refractivity contribution in [2.45, 2.75) is 46.1 Å². The van der Waals surface area contributed by atoms with Crippen molar-refractivity contribution >= 4 is 33.6 Å². The molecule has 6 rings (SSSR count). The largest absolute Gasteiger partial charge is 0.466 e. The van der Waals surface area contributed by atoms with Crippen molar-refractivity contribution in [3.63, 3.8) is 0 Å². The molecule has 0 bridgehead atoms. The monoisotopic (exact) mass is 530 g/mol. The van der Waals surface area contributed by atoms with E-state index in [0.717, 1.165) is 87.4 Å². The van der Waals surface area contributed by atoms with Gasteiger partial charge >= 0.3 is 5.97 Å². The maximum absolute atomic E-state index is 12.4. The van der Waals surface area contributed by atoms with Crippen LogP contribution < -0.4 is 0 Å². The third-order valence-electron chi connectivity index (χ3n) is 7.85. The second kappa shape index (κ2) is 10.6. The number of methoxy groups -OCH3 is 1. The van der Waals surface area contributed by atoms with Crippen molar-refractivity contribution in [1.82, 2.24) is 19.1 Å². The van der Waals surface area contributed by atoms with Crippen molar-refractivity contribution in [2.24, 2.45) is 7.05 Å². The van der Waals surface area contributed by atoms with Crippen LogP contribution in [0.1, 0.15) is 48.7 Å². The number of hydrogen-bond acceptors (Lipinski definition) is 4. The number of nitrogens with zero attached hydrogens (tertiary/aromatic N) is 4. The summed E-state index contributed by atoms with van der Waals surface area (Å²) in [6.07, 6.45) is 7.65. The van der Waals surface area contributed by atoms with E-state index in [-0.39, 0.29) is 5.97 Å². The fourth-order valence-corrected chi connectivity index (χ4v) is 5.81. The highest BCUT2D eigenvalue weighted by Crippen LogP contribution is 2.32. The SMILES string of the molecule is CCCc1nc2c(C)cc(-c3nc4ccccc4n3C)cc2n1Cc1ccc(C2=C(C(=O)OC)CCC=C2)cc1. The molecule has 40 heavy (non-hydrogen) atoms. The van der Waals surface area contributed by atoms with E-state index in [1.54, 1.807) is 0 Å². The summed E-state index contributed by atoms with van der Waals surface area (Å²) < 4.78 is 9.56. The number of allylic oxidation sites excluding steroid dienone is 3. The lowest BCUT2D eigenvalue weighted by Gasteiger charge is -2.15. The van der Waals surface area contributed by atoms with Gasteiger partial charge < -0.3 is 13.9 Å². The zero-order valence-electron chi connectivity index (χ0n) is 23.6. The third kappa shape index (κ3) is 4.53. The number of carbonyl (C=O) groups is 1. The number of benzene rings is 3. The van der Waals surface area contributed by atoms with E-state index in [1.807, 2.05) is 12.1 Å². The Labute approximate surface area is 234 Å². The van der Waals surface area contributed by atoms with Gasteiger partial charge in [-0.2, -0.15) is 0 Å². The molecule has 0 N–H and O–H groups in total. The maximum atomic E-state index is 12.4. The lowest BCUT2D eigenvalue weighted by Crippen LogP contribution is -2.09. The molecule has 0 radical (unpaired) electrons. The lowest BCUT2D eigenvalue weighted by atomic mass is 9.92. The van der Waals surface area contributed by atoms with Gasteiger partial charge in [-0.3, -0.25) is 0 Å². The molecule has 0 spiro atoms. The molecule has 0 amide bonds. The Balaban J connectivity index is 1.41. The standard InChI is InChI=1S/C34H34N4O2/c1-5-10-31-36-32-22(2)19-25(33-35-28-13-8-9-14-29(28)37(33)3)20-30(32)38(31)21-23-15-17-24(18-16-23)26-11-6-7-12-27(26)34(39)40-4/h6,8-9,11,13-20H,5,7,10,12,21H2,1-4H3. The van der Waals surface area contributed by atoms with Gasteiger partial charge in [0.25, 0.3) is 0 Å². The first kappa shape index (κ1) is 25.8. The first-order valence-corrected chi connectivity index (χ1v) is 14.0. The van der Waals surface area contributed by atoms with Gasteiger partial charge in [0.2, 0.25) is 0 Å². The predicted octanol–water partition coefficient (Wildman–Crippen LogP) is 7.18. The lowest BCUT2D eigenvalue weighted by molar-refractivity contribution is -0.136. The molecule has 3 aromatic carbocycles. The van der Waals surface area contributed by atoms with Gasteiger partial charge in [0.1, 0.15) is 11.6 Å². The van der Waals surface area contributed by atoms with Gasteiger partial charge in [-0.15, -0.1) is 0 Å². The van der Waals surface area contributed by atoms with E-state index in [1.165, 1.54) is 12.7 Å². The number of esters is 1. The number of carbonyl (C=O) groups excluding carboxylic acids is 1. The number of ether oxygens (including phenoxy) is 1. The molecular formula is C34H34N4O2. The Morgan fingerprint density at radius 1 is 1.00 bits per heavy atom. The Kier molecular flexibility index (Phi) is 6.84. The van der Waals surface area contributed by atoms with E-state index in [4.69, 9.17) is 14.7 Å². The minimum Gasteiger partial charge on any atom is -0.466 e. The smallest absolute Gasteiger partial charge is 0.334 e. The summed E-state index contributed by atoms with van der Waals surface area (Å²) in [6.45, 7) is 5.05. The molecule has 202 valence electrons. The molecule has 0 aliphatic heterocycles. The minimum absolute atomic E-state index is 0.246. The molecule has 1 aliphatic rings. The Hall–Kier alpha value is -4.45. The second-order valence-electron chi connectivity index (χ2n) is 10.5. The number of imidazole rings is 2. The van der Waals surface area contributed by atoms with Crippen molar-refractivity contribution in [3.8, 4) is 11.4 Å². The fraction of sp³-hybridized carbons (Fsp3) is 0.265. The molecule has 6 nitrogen and oxygen atoms in total. The van der Waals surface area contributed by atoms with Crippen molar-refractivity contribution in [1.29, 1.82) is 0 Å². The van der Waals surface area contributed by atoms with E-state index in [9.17, 15) is 4.79 Å². The molecule has 2 heterocycles. The average Bonchev–Trinajstić information content (AvgIpc) is 3.50. The number of aryl methyl sites for hydroxylation is 3. The number of para-hydroxylation sites is 2. The molecule has 2 aromatic heterocycles. The van der Waals surface area contributed by atoms with Crippen LogP contribution >= 0.6 is 0 Å². The Morgan fingerprint density at radius 2 is 1.80 bits per heavy atom. The van der Waals surface area contributed by atoms with E-state index < -0.39 is 0 Å². The zero-order valence-corrected chi connectivity index (χ0v) is 23.6.